The quantitative estimate of drug-likeness (QED) is 0.716. The van der Waals surface area contributed by atoms with E-state index in [4.69, 9.17) is 11.0 Å². The largest absolute Gasteiger partial charge is 0.383 e. The van der Waals surface area contributed by atoms with Crippen molar-refractivity contribution in [3.8, 4) is 6.07 Å². The molecule has 0 fully saturated rings. The summed E-state index contributed by atoms with van der Waals surface area (Å²) in [5.41, 5.74) is 6.12. The number of anilines is 1. The van der Waals surface area contributed by atoms with Gasteiger partial charge >= 0.3 is 0 Å². The van der Waals surface area contributed by atoms with Gasteiger partial charge in [-0.3, -0.25) is 0 Å². The molecule has 0 aliphatic carbocycles. The van der Waals surface area contributed by atoms with Crippen molar-refractivity contribution in [2.45, 2.75) is 26.3 Å². The average Bonchev–Trinajstić information content (AvgIpc) is 2.45. The third-order valence-corrected chi connectivity index (χ3v) is 1.96. The van der Waals surface area contributed by atoms with Crippen molar-refractivity contribution in [2.24, 2.45) is 0 Å². The predicted molar refractivity (Wildman–Crippen MR) is 46.4 cm³/mol. The molecule has 0 bridgehead atoms. The van der Waals surface area contributed by atoms with Gasteiger partial charge in [-0.1, -0.05) is 6.92 Å². The molecule has 1 aromatic rings. The molecule has 64 valence electrons. The van der Waals surface area contributed by atoms with Crippen LogP contribution >= 0.6 is 0 Å². The number of rotatable bonds is 2. The minimum atomic E-state index is 0.257. The Morgan fingerprint density at radius 1 is 1.83 bits per heavy atom. The maximum atomic E-state index is 8.60. The zero-order chi connectivity index (χ0) is 9.14. The van der Waals surface area contributed by atoms with E-state index in [1.54, 1.807) is 4.68 Å². The zero-order valence-electron chi connectivity index (χ0n) is 7.28. The highest BCUT2D eigenvalue weighted by molar-refractivity contribution is 5.47. The molecule has 0 aliphatic rings. The highest BCUT2D eigenvalue weighted by Gasteiger charge is 2.10. The van der Waals surface area contributed by atoms with E-state index < -0.39 is 0 Å². The summed E-state index contributed by atoms with van der Waals surface area (Å²) >= 11 is 0. The van der Waals surface area contributed by atoms with Gasteiger partial charge in [0.2, 0.25) is 0 Å². The van der Waals surface area contributed by atoms with E-state index in [-0.39, 0.29) is 6.04 Å². The van der Waals surface area contributed by atoms with Gasteiger partial charge in [0, 0.05) is 0 Å². The summed E-state index contributed by atoms with van der Waals surface area (Å²) in [5, 5.41) is 12.6. The van der Waals surface area contributed by atoms with Crippen molar-refractivity contribution >= 4 is 5.82 Å². The molecule has 4 heteroatoms. The van der Waals surface area contributed by atoms with Crippen molar-refractivity contribution in [2.75, 3.05) is 5.73 Å². The molecule has 1 aromatic heterocycles. The Morgan fingerprint density at radius 2 is 2.50 bits per heavy atom. The molecular weight excluding hydrogens is 152 g/mol. The summed E-state index contributed by atoms with van der Waals surface area (Å²) < 4.78 is 1.68. The minimum Gasteiger partial charge on any atom is -0.383 e. The summed E-state index contributed by atoms with van der Waals surface area (Å²) in [6.45, 7) is 4.07. The summed E-state index contributed by atoms with van der Waals surface area (Å²) in [4.78, 5) is 0. The second-order valence-corrected chi connectivity index (χ2v) is 2.76. The standard InChI is InChI=1S/C8H12N4/c1-3-6(2)12-8(10)7(4-9)5-11-12/h5-6H,3,10H2,1-2H3. The second kappa shape index (κ2) is 3.26. The fourth-order valence-corrected chi connectivity index (χ4v) is 0.982. The van der Waals surface area contributed by atoms with Crippen molar-refractivity contribution in [1.29, 1.82) is 5.26 Å². The topological polar surface area (TPSA) is 67.6 Å². The first kappa shape index (κ1) is 8.60. The Hall–Kier alpha value is -1.50. The van der Waals surface area contributed by atoms with Gasteiger partial charge in [-0.25, -0.2) is 4.68 Å². The maximum absolute atomic E-state index is 8.60. The van der Waals surface area contributed by atoms with Gasteiger partial charge in [-0.2, -0.15) is 10.4 Å². The van der Waals surface area contributed by atoms with Crippen LogP contribution in [0.2, 0.25) is 0 Å². The third kappa shape index (κ3) is 1.26. The van der Waals surface area contributed by atoms with Crippen LogP contribution in [0.4, 0.5) is 5.82 Å². The maximum Gasteiger partial charge on any atom is 0.140 e. The van der Waals surface area contributed by atoms with Crippen LogP contribution in [0.3, 0.4) is 0 Å². The monoisotopic (exact) mass is 164 g/mol. The van der Waals surface area contributed by atoms with Gasteiger partial charge in [0.05, 0.1) is 12.2 Å². The van der Waals surface area contributed by atoms with E-state index in [0.29, 0.717) is 11.4 Å². The summed E-state index contributed by atoms with van der Waals surface area (Å²) in [6.07, 6.45) is 2.46. The molecule has 1 heterocycles. The Kier molecular flexibility index (Phi) is 2.34. The normalized spacial score (nSPS) is 12.4. The van der Waals surface area contributed by atoms with E-state index in [0.717, 1.165) is 6.42 Å². The molecule has 12 heavy (non-hydrogen) atoms. The second-order valence-electron chi connectivity index (χ2n) is 2.76. The van der Waals surface area contributed by atoms with Gasteiger partial charge in [0.15, 0.2) is 0 Å². The van der Waals surface area contributed by atoms with Crippen LogP contribution in [0.25, 0.3) is 0 Å². The van der Waals surface area contributed by atoms with Gasteiger partial charge in [-0.05, 0) is 13.3 Å². The predicted octanol–water partition coefficient (Wildman–Crippen LogP) is 1.31. The Morgan fingerprint density at radius 3 is 2.92 bits per heavy atom. The highest BCUT2D eigenvalue weighted by Crippen LogP contribution is 2.17. The smallest absolute Gasteiger partial charge is 0.140 e. The van der Waals surface area contributed by atoms with Crippen molar-refractivity contribution in [3.63, 3.8) is 0 Å². The summed E-state index contributed by atoms with van der Waals surface area (Å²) in [6, 6.07) is 2.24. The molecule has 0 amide bonds. The molecule has 0 saturated carbocycles. The molecule has 1 atom stereocenters. The molecule has 2 N–H and O–H groups in total. The van der Waals surface area contributed by atoms with E-state index in [1.165, 1.54) is 6.20 Å². The fourth-order valence-electron chi connectivity index (χ4n) is 0.982. The first-order valence-electron chi connectivity index (χ1n) is 3.93. The molecule has 1 rings (SSSR count). The van der Waals surface area contributed by atoms with Crippen LogP contribution in [0.5, 0.6) is 0 Å². The molecule has 0 radical (unpaired) electrons. The fraction of sp³-hybridized carbons (Fsp3) is 0.500. The number of nitriles is 1. The van der Waals surface area contributed by atoms with Crippen molar-refractivity contribution in [3.05, 3.63) is 11.8 Å². The van der Waals surface area contributed by atoms with E-state index in [1.807, 2.05) is 13.0 Å². The number of nitrogen functional groups attached to an aromatic ring is 1. The van der Waals surface area contributed by atoms with E-state index in [9.17, 15) is 0 Å². The summed E-state index contributed by atoms with van der Waals surface area (Å²) in [5.74, 6) is 0.465. The van der Waals surface area contributed by atoms with Gasteiger partial charge in [-0.15, -0.1) is 0 Å². The van der Waals surface area contributed by atoms with Crippen LogP contribution in [-0.2, 0) is 0 Å². The van der Waals surface area contributed by atoms with Crippen molar-refractivity contribution in [1.82, 2.24) is 9.78 Å². The third-order valence-electron chi connectivity index (χ3n) is 1.96. The van der Waals surface area contributed by atoms with Crippen LogP contribution in [0.15, 0.2) is 6.20 Å². The highest BCUT2D eigenvalue weighted by atomic mass is 15.3. The summed E-state index contributed by atoms with van der Waals surface area (Å²) in [7, 11) is 0. The SMILES string of the molecule is CCC(C)n1ncc(C#N)c1N. The Bertz CT molecular complexity index is 307. The minimum absolute atomic E-state index is 0.257. The molecule has 1 unspecified atom stereocenters. The van der Waals surface area contributed by atoms with Gasteiger partial charge in [0.25, 0.3) is 0 Å². The number of hydrogen-bond donors (Lipinski definition) is 1. The van der Waals surface area contributed by atoms with Crippen LogP contribution in [-0.4, -0.2) is 9.78 Å². The van der Waals surface area contributed by atoms with E-state index >= 15 is 0 Å². The number of hydrogen-bond acceptors (Lipinski definition) is 3. The van der Waals surface area contributed by atoms with Gasteiger partial charge < -0.3 is 5.73 Å². The lowest BCUT2D eigenvalue weighted by Crippen LogP contribution is -2.09. The Labute approximate surface area is 71.6 Å². The van der Waals surface area contributed by atoms with Crippen LogP contribution in [0, 0.1) is 11.3 Å². The first-order valence-corrected chi connectivity index (χ1v) is 3.93. The lowest BCUT2D eigenvalue weighted by atomic mass is 10.2. The Balaban J connectivity index is 3.04. The van der Waals surface area contributed by atoms with Crippen LogP contribution in [0.1, 0.15) is 31.9 Å². The zero-order valence-corrected chi connectivity index (χ0v) is 7.28. The van der Waals surface area contributed by atoms with Crippen molar-refractivity contribution < 1.29 is 0 Å². The lowest BCUT2D eigenvalue weighted by molar-refractivity contribution is 0.485. The molecule has 0 aromatic carbocycles. The molecule has 0 spiro atoms. The first-order chi connectivity index (χ1) is 5.70. The lowest BCUT2D eigenvalue weighted by Gasteiger charge is -2.10. The molecular formula is C8H12N4. The molecule has 4 nitrogen and oxygen atoms in total. The molecule has 0 saturated heterocycles. The number of nitrogens with zero attached hydrogens (tertiary/aromatic N) is 3. The average molecular weight is 164 g/mol. The van der Waals surface area contributed by atoms with Gasteiger partial charge in [0.1, 0.15) is 17.5 Å². The molecule has 0 aliphatic heterocycles. The van der Waals surface area contributed by atoms with E-state index in [2.05, 4.69) is 12.0 Å². The number of nitrogens with two attached hydrogens (primary N) is 1. The number of aromatic nitrogens is 2. The van der Waals surface area contributed by atoms with Crippen LogP contribution < -0.4 is 5.73 Å².